The van der Waals surface area contributed by atoms with Gasteiger partial charge in [0.15, 0.2) is 0 Å². The van der Waals surface area contributed by atoms with E-state index in [4.69, 9.17) is 5.73 Å². The lowest BCUT2D eigenvalue weighted by Crippen LogP contribution is -2.35. The van der Waals surface area contributed by atoms with E-state index in [1.807, 2.05) is 0 Å². The van der Waals surface area contributed by atoms with Crippen LogP contribution in [0.4, 0.5) is 13.2 Å². The molecule has 1 fully saturated rings. The summed E-state index contributed by atoms with van der Waals surface area (Å²) in [5.41, 5.74) is 4.86. The third-order valence-electron chi connectivity index (χ3n) is 3.17. The van der Waals surface area contributed by atoms with Crippen LogP contribution in [0.2, 0.25) is 0 Å². The van der Waals surface area contributed by atoms with Crippen molar-refractivity contribution in [2.45, 2.75) is 51.1 Å². The van der Waals surface area contributed by atoms with Gasteiger partial charge in [0.05, 0.1) is 6.42 Å². The van der Waals surface area contributed by atoms with Gasteiger partial charge in [0, 0.05) is 0 Å². The fraction of sp³-hybridized carbons (Fsp3) is 1.00. The van der Waals surface area contributed by atoms with Crippen molar-refractivity contribution in [3.63, 3.8) is 0 Å². The number of hydrogen-bond donors (Lipinski definition) is 1. The highest BCUT2D eigenvalue weighted by Gasteiger charge is 2.41. The molecule has 0 atom stereocenters. The first kappa shape index (κ1) is 11.8. The zero-order valence-electron chi connectivity index (χ0n) is 8.37. The Balaban J connectivity index is 2.63. The van der Waals surface area contributed by atoms with Gasteiger partial charge in [-0.1, -0.05) is 25.7 Å². The molecule has 4 heteroatoms. The zero-order chi connectivity index (χ0) is 10.7. The molecule has 14 heavy (non-hydrogen) atoms. The van der Waals surface area contributed by atoms with Gasteiger partial charge in [-0.2, -0.15) is 13.2 Å². The third-order valence-corrected chi connectivity index (χ3v) is 3.17. The Bertz CT molecular complexity index is 169. The molecular formula is C10H18F3N. The Morgan fingerprint density at radius 3 is 1.86 bits per heavy atom. The summed E-state index contributed by atoms with van der Waals surface area (Å²) in [6.07, 6.45) is 0.423. The summed E-state index contributed by atoms with van der Waals surface area (Å²) in [7, 11) is 0. The molecule has 1 rings (SSSR count). The average Bonchev–Trinajstić information content (AvgIpc) is 2.28. The molecule has 0 amide bonds. The molecule has 84 valence electrons. The van der Waals surface area contributed by atoms with Crippen molar-refractivity contribution >= 4 is 0 Å². The summed E-state index contributed by atoms with van der Waals surface area (Å²) in [5.74, 6) is 0. The second kappa shape index (κ2) is 4.51. The summed E-state index contributed by atoms with van der Waals surface area (Å²) in [5, 5.41) is 0. The third kappa shape index (κ3) is 3.48. The molecular weight excluding hydrogens is 191 g/mol. The number of rotatable bonds is 2. The number of hydrogen-bond acceptors (Lipinski definition) is 1. The lowest BCUT2D eigenvalue weighted by molar-refractivity contribution is -0.159. The van der Waals surface area contributed by atoms with Crippen LogP contribution in [0.25, 0.3) is 0 Å². The van der Waals surface area contributed by atoms with Crippen LogP contribution in [0.1, 0.15) is 44.9 Å². The topological polar surface area (TPSA) is 26.0 Å². The van der Waals surface area contributed by atoms with Crippen molar-refractivity contribution < 1.29 is 13.2 Å². The Morgan fingerprint density at radius 1 is 1.00 bits per heavy atom. The van der Waals surface area contributed by atoms with Crippen LogP contribution in [0.5, 0.6) is 0 Å². The largest absolute Gasteiger partial charge is 0.389 e. The molecule has 2 N–H and O–H groups in total. The van der Waals surface area contributed by atoms with E-state index in [0.29, 0.717) is 12.8 Å². The monoisotopic (exact) mass is 209 g/mol. The standard InChI is InChI=1S/C10H18F3N/c11-10(12,13)7-9(8-14)5-3-1-2-4-6-9/h1-8,14H2. The van der Waals surface area contributed by atoms with Gasteiger partial charge >= 0.3 is 6.18 Å². The first-order valence-corrected chi connectivity index (χ1v) is 5.24. The molecule has 0 aliphatic heterocycles. The van der Waals surface area contributed by atoms with E-state index < -0.39 is 18.0 Å². The maximum Gasteiger partial charge on any atom is 0.389 e. The molecule has 0 radical (unpaired) electrons. The minimum absolute atomic E-state index is 0.173. The minimum Gasteiger partial charge on any atom is -0.330 e. The van der Waals surface area contributed by atoms with E-state index in [0.717, 1.165) is 25.7 Å². The van der Waals surface area contributed by atoms with Crippen LogP contribution in [-0.2, 0) is 0 Å². The van der Waals surface area contributed by atoms with E-state index >= 15 is 0 Å². The second-order valence-electron chi connectivity index (χ2n) is 4.41. The van der Waals surface area contributed by atoms with Gasteiger partial charge in [-0.25, -0.2) is 0 Å². The van der Waals surface area contributed by atoms with Crippen LogP contribution in [0.3, 0.4) is 0 Å². The zero-order valence-corrected chi connectivity index (χ0v) is 8.37. The molecule has 0 aromatic rings. The molecule has 1 nitrogen and oxygen atoms in total. The summed E-state index contributed by atoms with van der Waals surface area (Å²) in [4.78, 5) is 0. The number of alkyl halides is 3. The Labute approximate surface area is 82.9 Å². The maximum absolute atomic E-state index is 12.3. The fourth-order valence-corrected chi connectivity index (χ4v) is 2.36. The highest BCUT2D eigenvalue weighted by atomic mass is 19.4. The van der Waals surface area contributed by atoms with Crippen molar-refractivity contribution in [2.75, 3.05) is 6.54 Å². The predicted octanol–water partition coefficient (Wildman–Crippen LogP) is 3.24. The average molecular weight is 209 g/mol. The molecule has 0 bridgehead atoms. The van der Waals surface area contributed by atoms with Crippen LogP contribution in [-0.4, -0.2) is 12.7 Å². The van der Waals surface area contributed by atoms with E-state index in [1.54, 1.807) is 0 Å². The highest BCUT2D eigenvalue weighted by Crippen LogP contribution is 2.42. The molecule has 0 aromatic heterocycles. The van der Waals surface area contributed by atoms with Gasteiger partial charge in [-0.3, -0.25) is 0 Å². The van der Waals surface area contributed by atoms with Gasteiger partial charge in [0.25, 0.3) is 0 Å². The van der Waals surface area contributed by atoms with Crippen molar-refractivity contribution in [2.24, 2.45) is 11.1 Å². The number of halogens is 3. The molecule has 1 aliphatic rings. The smallest absolute Gasteiger partial charge is 0.330 e. The maximum atomic E-state index is 12.3. The SMILES string of the molecule is NCC1(CC(F)(F)F)CCCCCC1. The van der Waals surface area contributed by atoms with E-state index in [9.17, 15) is 13.2 Å². The molecule has 0 heterocycles. The van der Waals surface area contributed by atoms with Crippen molar-refractivity contribution in [1.29, 1.82) is 0 Å². The van der Waals surface area contributed by atoms with Gasteiger partial charge in [-0.15, -0.1) is 0 Å². The second-order valence-corrected chi connectivity index (χ2v) is 4.41. The van der Waals surface area contributed by atoms with E-state index in [2.05, 4.69) is 0 Å². The molecule has 1 aliphatic carbocycles. The number of nitrogens with two attached hydrogens (primary N) is 1. The Kier molecular flexibility index (Phi) is 3.81. The summed E-state index contributed by atoms with van der Waals surface area (Å²) < 4.78 is 37.0. The van der Waals surface area contributed by atoms with Crippen LogP contribution < -0.4 is 5.73 Å². The lowest BCUT2D eigenvalue weighted by atomic mass is 9.77. The van der Waals surface area contributed by atoms with Crippen LogP contribution in [0, 0.1) is 5.41 Å². The van der Waals surface area contributed by atoms with Crippen molar-refractivity contribution in [1.82, 2.24) is 0 Å². The molecule has 0 saturated heterocycles. The van der Waals surface area contributed by atoms with Gasteiger partial charge in [0.1, 0.15) is 0 Å². The Morgan fingerprint density at radius 2 is 1.50 bits per heavy atom. The van der Waals surface area contributed by atoms with Crippen molar-refractivity contribution in [3.05, 3.63) is 0 Å². The summed E-state index contributed by atoms with van der Waals surface area (Å²) in [6, 6.07) is 0. The van der Waals surface area contributed by atoms with E-state index in [-0.39, 0.29) is 6.54 Å². The molecule has 1 saturated carbocycles. The molecule has 0 unspecified atom stereocenters. The van der Waals surface area contributed by atoms with E-state index in [1.165, 1.54) is 0 Å². The Hall–Kier alpha value is -0.250. The molecule has 0 spiro atoms. The van der Waals surface area contributed by atoms with Crippen LogP contribution >= 0.6 is 0 Å². The van der Waals surface area contributed by atoms with Crippen LogP contribution in [0.15, 0.2) is 0 Å². The van der Waals surface area contributed by atoms with Crippen molar-refractivity contribution in [3.8, 4) is 0 Å². The predicted molar refractivity (Wildman–Crippen MR) is 49.9 cm³/mol. The van der Waals surface area contributed by atoms with Gasteiger partial charge < -0.3 is 5.73 Å². The minimum atomic E-state index is -4.07. The first-order valence-electron chi connectivity index (χ1n) is 5.24. The quantitative estimate of drug-likeness (QED) is 0.694. The normalized spacial score (nSPS) is 23.1. The highest BCUT2D eigenvalue weighted by molar-refractivity contribution is 4.84. The summed E-state index contributed by atoms with van der Waals surface area (Å²) in [6.45, 7) is 0.173. The van der Waals surface area contributed by atoms with Gasteiger partial charge in [0.2, 0.25) is 0 Å². The fourth-order valence-electron chi connectivity index (χ4n) is 2.36. The lowest BCUT2D eigenvalue weighted by Gasteiger charge is -2.32. The van der Waals surface area contributed by atoms with Gasteiger partial charge in [-0.05, 0) is 24.8 Å². The summed E-state index contributed by atoms with van der Waals surface area (Å²) >= 11 is 0. The molecule has 0 aromatic carbocycles. The first-order chi connectivity index (χ1) is 6.47.